The summed E-state index contributed by atoms with van der Waals surface area (Å²) < 4.78 is 51.1. The third kappa shape index (κ3) is 8.20. The number of hydrogen-bond donors (Lipinski definition) is 2. The van der Waals surface area contributed by atoms with Gasteiger partial charge in [-0.3, -0.25) is 9.52 Å². The number of carbonyl (C=O) groups excluding carboxylic acids is 1. The van der Waals surface area contributed by atoms with Crippen LogP contribution < -0.4 is 10.0 Å². The molecule has 0 aliphatic carbocycles. The van der Waals surface area contributed by atoms with E-state index < -0.39 is 29.4 Å². The van der Waals surface area contributed by atoms with Crippen molar-refractivity contribution in [1.82, 2.24) is 9.62 Å². The molecule has 2 N–H and O–H groups in total. The van der Waals surface area contributed by atoms with Crippen LogP contribution in [0.1, 0.15) is 31.7 Å². The molecule has 1 saturated heterocycles. The Bertz CT molecular complexity index is 1180. The van der Waals surface area contributed by atoms with Gasteiger partial charge in [0.25, 0.3) is 5.91 Å². The minimum Gasteiger partial charge on any atom is -0.376 e. The molecule has 6 nitrogen and oxygen atoms in total. The molecular formula is C26H30ClF3N4O2S2. The van der Waals surface area contributed by atoms with Gasteiger partial charge in [0.05, 0.1) is 22.3 Å². The molecule has 0 radical (unpaired) electrons. The Morgan fingerprint density at radius 2 is 2.05 bits per heavy atom. The van der Waals surface area contributed by atoms with Crippen LogP contribution in [0.15, 0.2) is 40.1 Å². The second-order valence-electron chi connectivity index (χ2n) is 9.42. The van der Waals surface area contributed by atoms with Crippen molar-refractivity contribution in [3.63, 3.8) is 0 Å². The predicted molar refractivity (Wildman–Crippen MR) is 146 cm³/mol. The molecule has 2 aromatic carbocycles. The highest BCUT2D eigenvalue weighted by Gasteiger charge is 2.36. The van der Waals surface area contributed by atoms with Crippen molar-refractivity contribution in [2.45, 2.75) is 53.8 Å². The van der Waals surface area contributed by atoms with Gasteiger partial charge in [-0.1, -0.05) is 11.6 Å². The number of ether oxygens (including phenoxy) is 1. The topological polar surface area (TPSA) is 77.4 Å². The first kappa shape index (κ1) is 30.4. The average Bonchev–Trinajstić information content (AvgIpc) is 2.86. The molecule has 3 rings (SSSR count). The summed E-state index contributed by atoms with van der Waals surface area (Å²) in [6.45, 7) is 2.35. The zero-order valence-corrected chi connectivity index (χ0v) is 23.7. The number of amides is 1. The maximum Gasteiger partial charge on any atom is 0.262 e. The number of hydrogen-bond acceptors (Lipinski definition) is 7. The number of anilines is 1. The molecule has 0 saturated carbocycles. The summed E-state index contributed by atoms with van der Waals surface area (Å²) in [6.07, 6.45) is 1.03. The molecular weight excluding hydrogens is 557 g/mol. The Balaban J connectivity index is 1.76. The molecule has 1 aliphatic heterocycles. The van der Waals surface area contributed by atoms with E-state index in [9.17, 15) is 18.8 Å². The molecule has 1 aliphatic rings. The molecule has 1 heterocycles. The number of thioether (sulfide) groups is 1. The van der Waals surface area contributed by atoms with E-state index in [1.807, 2.05) is 0 Å². The van der Waals surface area contributed by atoms with E-state index in [0.29, 0.717) is 17.9 Å². The highest BCUT2D eigenvalue weighted by Crippen LogP contribution is 2.34. The molecule has 3 unspecified atom stereocenters. The fourth-order valence-electron chi connectivity index (χ4n) is 3.87. The second kappa shape index (κ2) is 13.8. The van der Waals surface area contributed by atoms with Gasteiger partial charge in [0.1, 0.15) is 29.5 Å². The number of nitrogens with zero attached hydrogens (tertiary/aromatic N) is 2. The quantitative estimate of drug-likeness (QED) is 0.245. The summed E-state index contributed by atoms with van der Waals surface area (Å²) in [6, 6.07) is 7.56. The molecule has 206 valence electrons. The van der Waals surface area contributed by atoms with Crippen molar-refractivity contribution in [2.24, 2.45) is 0 Å². The van der Waals surface area contributed by atoms with E-state index in [0.717, 1.165) is 48.7 Å². The van der Waals surface area contributed by atoms with Gasteiger partial charge in [0, 0.05) is 34.8 Å². The number of benzene rings is 2. The van der Waals surface area contributed by atoms with E-state index in [1.54, 1.807) is 38.1 Å². The lowest BCUT2D eigenvalue weighted by molar-refractivity contribution is -0.148. The van der Waals surface area contributed by atoms with Crippen LogP contribution in [0.25, 0.3) is 0 Å². The summed E-state index contributed by atoms with van der Waals surface area (Å²) in [7, 11) is 3.45. The third-order valence-corrected chi connectivity index (χ3v) is 8.24. The summed E-state index contributed by atoms with van der Waals surface area (Å²) in [5, 5.41) is 13.0. The van der Waals surface area contributed by atoms with Gasteiger partial charge in [-0.2, -0.15) is 5.26 Å². The largest absolute Gasteiger partial charge is 0.376 e. The number of rotatable bonds is 11. The third-order valence-electron chi connectivity index (χ3n) is 6.01. The standard InChI is InChI=1S/C26H30ClF3N4O2S2/c1-26(8-4-5-9-36-26)25(35)33-38-18-10-16(13-31)24(19(27)12-18)32-22(21(30)14-34(2)3)15-37-23-7-6-17(28)11-20(23)29/h6-7,10-12,21-22,32H,4-5,8-9,14-15H2,1-3H3,(H,33,35). The lowest BCUT2D eigenvalue weighted by Crippen LogP contribution is -2.46. The molecule has 3 atom stereocenters. The van der Waals surface area contributed by atoms with Crippen LogP contribution in [0, 0.1) is 23.0 Å². The molecule has 12 heteroatoms. The molecule has 38 heavy (non-hydrogen) atoms. The maximum absolute atomic E-state index is 15.3. The van der Waals surface area contributed by atoms with Crippen LogP contribution in [-0.4, -0.2) is 61.6 Å². The van der Waals surface area contributed by atoms with Crippen molar-refractivity contribution in [2.75, 3.05) is 38.3 Å². The normalized spacial score (nSPS) is 19.0. The Hall–Kier alpha value is -2.10. The van der Waals surface area contributed by atoms with Crippen molar-refractivity contribution in [1.29, 1.82) is 5.26 Å². The minimum atomic E-state index is -1.40. The lowest BCUT2D eigenvalue weighted by atomic mass is 9.95. The Labute approximate surface area is 234 Å². The first-order valence-corrected chi connectivity index (χ1v) is 14.2. The molecule has 2 aromatic rings. The van der Waals surface area contributed by atoms with Gasteiger partial charge in [-0.25, -0.2) is 13.2 Å². The summed E-state index contributed by atoms with van der Waals surface area (Å²) in [5.41, 5.74) is -0.514. The lowest BCUT2D eigenvalue weighted by Gasteiger charge is -2.32. The number of alkyl halides is 1. The first-order chi connectivity index (χ1) is 18.0. The summed E-state index contributed by atoms with van der Waals surface area (Å²) >= 11 is 8.56. The second-order valence-corrected chi connectivity index (χ2v) is 11.8. The van der Waals surface area contributed by atoms with E-state index in [4.69, 9.17) is 16.3 Å². The number of halogens is 4. The van der Waals surface area contributed by atoms with Crippen LogP contribution in [0.4, 0.5) is 18.9 Å². The van der Waals surface area contributed by atoms with Gasteiger partial charge in [-0.15, -0.1) is 11.8 Å². The van der Waals surface area contributed by atoms with Crippen LogP contribution >= 0.6 is 35.3 Å². The van der Waals surface area contributed by atoms with Crippen LogP contribution in [0.2, 0.25) is 5.02 Å². The Kier molecular flexibility index (Phi) is 11.1. The molecule has 0 bridgehead atoms. The average molecular weight is 587 g/mol. The van der Waals surface area contributed by atoms with Crippen LogP contribution in [-0.2, 0) is 9.53 Å². The number of nitrogens with one attached hydrogen (secondary N) is 2. The molecule has 0 spiro atoms. The predicted octanol–water partition coefficient (Wildman–Crippen LogP) is 6.04. The molecule has 1 amide bonds. The Morgan fingerprint density at radius 3 is 2.68 bits per heavy atom. The Morgan fingerprint density at radius 1 is 1.29 bits per heavy atom. The zero-order chi connectivity index (χ0) is 27.9. The highest BCUT2D eigenvalue weighted by molar-refractivity contribution is 7.99. The monoisotopic (exact) mass is 586 g/mol. The maximum atomic E-state index is 15.3. The van der Waals surface area contributed by atoms with E-state index >= 15 is 4.39 Å². The van der Waals surface area contributed by atoms with Crippen molar-refractivity contribution in [3.8, 4) is 6.07 Å². The zero-order valence-electron chi connectivity index (χ0n) is 21.3. The fourth-order valence-corrected chi connectivity index (χ4v) is 6.00. The summed E-state index contributed by atoms with van der Waals surface area (Å²) in [4.78, 5) is 15.1. The fraction of sp³-hybridized carbons (Fsp3) is 0.462. The van der Waals surface area contributed by atoms with E-state index in [1.165, 1.54) is 6.07 Å². The van der Waals surface area contributed by atoms with E-state index in [2.05, 4.69) is 16.1 Å². The van der Waals surface area contributed by atoms with Gasteiger partial charge < -0.3 is 15.0 Å². The van der Waals surface area contributed by atoms with Gasteiger partial charge in [0.2, 0.25) is 0 Å². The summed E-state index contributed by atoms with van der Waals surface area (Å²) in [5.74, 6) is -1.61. The van der Waals surface area contributed by atoms with Crippen molar-refractivity contribution < 1.29 is 22.7 Å². The number of carbonyl (C=O) groups is 1. The number of nitriles is 1. The first-order valence-electron chi connectivity index (χ1n) is 12.0. The molecule has 1 fully saturated rings. The van der Waals surface area contributed by atoms with Gasteiger partial charge in [0.15, 0.2) is 0 Å². The van der Waals surface area contributed by atoms with Gasteiger partial charge >= 0.3 is 0 Å². The smallest absolute Gasteiger partial charge is 0.262 e. The molecule has 0 aromatic heterocycles. The highest BCUT2D eigenvalue weighted by atomic mass is 35.5. The van der Waals surface area contributed by atoms with Crippen LogP contribution in [0.5, 0.6) is 0 Å². The minimum absolute atomic E-state index is 0.0738. The van der Waals surface area contributed by atoms with E-state index in [-0.39, 0.29) is 39.4 Å². The van der Waals surface area contributed by atoms with Crippen molar-refractivity contribution >= 4 is 46.9 Å². The van der Waals surface area contributed by atoms with Crippen LogP contribution in [0.3, 0.4) is 0 Å². The SMILES string of the molecule is CN(C)CC(F)C(CSc1ccc(F)cc1F)Nc1c(Cl)cc(SNC(=O)C2(C)CCCCO2)cc1C#N. The van der Waals surface area contributed by atoms with Gasteiger partial charge in [-0.05, 0) is 76.5 Å². The van der Waals surface area contributed by atoms with Crippen molar-refractivity contribution in [3.05, 3.63) is 52.6 Å².